The van der Waals surface area contributed by atoms with Crippen molar-refractivity contribution < 1.29 is 9.90 Å². The van der Waals surface area contributed by atoms with Crippen molar-refractivity contribution in [3.05, 3.63) is 34.2 Å². The van der Waals surface area contributed by atoms with Crippen LogP contribution in [0.2, 0.25) is 0 Å². The molecule has 0 radical (unpaired) electrons. The van der Waals surface area contributed by atoms with Gasteiger partial charge in [0.25, 0.3) is 5.56 Å². The number of nitrogens with zero attached hydrogens (tertiary/aromatic N) is 2. The van der Waals surface area contributed by atoms with E-state index < -0.39 is 6.10 Å². The Kier molecular flexibility index (Phi) is 4.60. The molecule has 0 aliphatic carbocycles. The fourth-order valence-corrected chi connectivity index (χ4v) is 2.66. The van der Waals surface area contributed by atoms with Crippen molar-refractivity contribution >= 4 is 5.91 Å². The summed E-state index contributed by atoms with van der Waals surface area (Å²) in [5.41, 5.74) is 0.519. The smallest absolute Gasteiger partial charge is 0.253 e. The molecule has 1 aromatic rings. The molecule has 1 N–H and O–H groups in total. The molecular weight excluding hydrogens is 256 g/mol. The van der Waals surface area contributed by atoms with Crippen LogP contribution in [-0.2, 0) is 11.3 Å². The van der Waals surface area contributed by atoms with Gasteiger partial charge in [0.2, 0.25) is 5.91 Å². The quantitative estimate of drug-likeness (QED) is 0.888. The Hall–Kier alpha value is -1.62. The number of piperidine rings is 1. The highest BCUT2D eigenvalue weighted by atomic mass is 16.3. The van der Waals surface area contributed by atoms with Crippen LogP contribution in [0.15, 0.2) is 23.1 Å². The number of aryl methyl sites for hydroxylation is 1. The lowest BCUT2D eigenvalue weighted by Crippen LogP contribution is -2.45. The summed E-state index contributed by atoms with van der Waals surface area (Å²) < 4.78 is 1.45. The minimum absolute atomic E-state index is 0.0527. The number of hydrogen-bond acceptors (Lipinski definition) is 3. The van der Waals surface area contributed by atoms with Gasteiger partial charge in [-0.1, -0.05) is 6.07 Å². The summed E-state index contributed by atoms with van der Waals surface area (Å²) in [5, 5.41) is 9.65. The average molecular weight is 278 g/mol. The zero-order valence-corrected chi connectivity index (χ0v) is 12.1. The minimum atomic E-state index is -0.396. The summed E-state index contributed by atoms with van der Waals surface area (Å²) in [6, 6.07) is 3.52. The van der Waals surface area contributed by atoms with Crippen LogP contribution in [0.4, 0.5) is 0 Å². The van der Waals surface area contributed by atoms with Gasteiger partial charge in [0.1, 0.15) is 6.54 Å². The molecular formula is C15H22N2O3. The second kappa shape index (κ2) is 6.22. The van der Waals surface area contributed by atoms with Crippen LogP contribution in [0, 0.1) is 12.8 Å². The number of aromatic nitrogens is 1. The number of hydrogen-bond donors (Lipinski definition) is 1. The summed E-state index contributed by atoms with van der Waals surface area (Å²) in [5.74, 6) is 0.0879. The Bertz CT molecular complexity index is 536. The van der Waals surface area contributed by atoms with Gasteiger partial charge in [0, 0.05) is 30.8 Å². The third-order valence-electron chi connectivity index (χ3n) is 4.01. The van der Waals surface area contributed by atoms with Gasteiger partial charge in [-0.3, -0.25) is 9.59 Å². The molecule has 0 saturated carbocycles. The second-order valence-corrected chi connectivity index (χ2v) is 5.61. The van der Waals surface area contributed by atoms with Crippen molar-refractivity contribution in [1.82, 2.24) is 9.47 Å². The number of carbonyl (C=O) groups excluding carboxylic acids is 1. The predicted octanol–water partition coefficient (Wildman–Crippen LogP) is 0.776. The maximum atomic E-state index is 12.3. The third kappa shape index (κ3) is 3.28. The highest BCUT2D eigenvalue weighted by Crippen LogP contribution is 2.19. The maximum Gasteiger partial charge on any atom is 0.253 e. The Morgan fingerprint density at radius 1 is 1.55 bits per heavy atom. The van der Waals surface area contributed by atoms with Crippen LogP contribution in [0.3, 0.4) is 0 Å². The number of rotatable bonds is 3. The first-order valence-corrected chi connectivity index (χ1v) is 7.11. The summed E-state index contributed by atoms with van der Waals surface area (Å²) in [4.78, 5) is 26.0. The van der Waals surface area contributed by atoms with Crippen LogP contribution < -0.4 is 5.56 Å². The molecule has 1 aromatic heterocycles. The number of carbonyl (C=O) groups is 1. The fourth-order valence-electron chi connectivity index (χ4n) is 2.66. The molecule has 20 heavy (non-hydrogen) atoms. The fraction of sp³-hybridized carbons (Fsp3) is 0.600. The Morgan fingerprint density at radius 2 is 2.30 bits per heavy atom. The number of likely N-dealkylation sites (tertiary alicyclic amines) is 1. The summed E-state index contributed by atoms with van der Waals surface area (Å²) in [6.07, 6.45) is 3.10. The molecule has 0 bridgehead atoms. The zero-order valence-electron chi connectivity index (χ0n) is 12.1. The van der Waals surface area contributed by atoms with Crippen LogP contribution in [0.1, 0.15) is 25.3 Å². The first-order valence-electron chi connectivity index (χ1n) is 7.11. The molecule has 0 spiro atoms. The van der Waals surface area contributed by atoms with E-state index >= 15 is 0 Å². The normalized spacial score (nSPS) is 20.8. The van der Waals surface area contributed by atoms with Crippen molar-refractivity contribution in [2.45, 2.75) is 39.3 Å². The van der Waals surface area contributed by atoms with Crippen molar-refractivity contribution in [2.24, 2.45) is 5.92 Å². The first kappa shape index (κ1) is 14.8. The summed E-state index contributed by atoms with van der Waals surface area (Å²) in [7, 11) is 0. The van der Waals surface area contributed by atoms with E-state index in [9.17, 15) is 14.7 Å². The predicted molar refractivity (Wildman–Crippen MR) is 76.4 cm³/mol. The van der Waals surface area contributed by atoms with Crippen LogP contribution in [-0.4, -0.2) is 39.7 Å². The lowest BCUT2D eigenvalue weighted by molar-refractivity contribution is -0.134. The number of aliphatic hydroxyl groups excluding tert-OH is 1. The monoisotopic (exact) mass is 278 g/mol. The van der Waals surface area contributed by atoms with Crippen molar-refractivity contribution in [2.75, 3.05) is 13.1 Å². The standard InChI is InChI=1S/C15H22N2O3/c1-11-5-3-8-17(15(11)20)10-14(19)16-7-4-6-13(9-16)12(2)18/h3,5,8,12-13,18H,4,6-7,9-10H2,1-2H3. The van der Waals surface area contributed by atoms with Crippen LogP contribution in [0.25, 0.3) is 0 Å². The van der Waals surface area contributed by atoms with Gasteiger partial charge >= 0.3 is 0 Å². The van der Waals surface area contributed by atoms with E-state index in [2.05, 4.69) is 0 Å². The van der Waals surface area contributed by atoms with Gasteiger partial charge in [-0.25, -0.2) is 0 Å². The lowest BCUT2D eigenvalue weighted by Gasteiger charge is -2.34. The first-order chi connectivity index (χ1) is 9.49. The number of pyridine rings is 1. The van der Waals surface area contributed by atoms with Gasteiger partial charge in [-0.05, 0) is 32.8 Å². The molecule has 1 saturated heterocycles. The zero-order chi connectivity index (χ0) is 14.7. The molecule has 2 atom stereocenters. The van der Waals surface area contributed by atoms with E-state index in [1.54, 1.807) is 37.1 Å². The van der Waals surface area contributed by atoms with Crippen LogP contribution in [0.5, 0.6) is 0 Å². The minimum Gasteiger partial charge on any atom is -0.393 e. The molecule has 1 aliphatic rings. The summed E-state index contributed by atoms with van der Waals surface area (Å²) >= 11 is 0. The average Bonchev–Trinajstić information content (AvgIpc) is 2.44. The number of amides is 1. The van der Waals surface area contributed by atoms with Gasteiger partial charge in [-0.15, -0.1) is 0 Å². The topological polar surface area (TPSA) is 62.5 Å². The van der Waals surface area contributed by atoms with E-state index in [4.69, 9.17) is 0 Å². The molecule has 1 amide bonds. The SMILES string of the molecule is Cc1cccn(CC(=O)N2CCCC(C(C)O)C2)c1=O. The Labute approximate surface area is 118 Å². The van der Waals surface area contributed by atoms with E-state index in [1.807, 2.05) is 0 Å². The highest BCUT2D eigenvalue weighted by molar-refractivity contribution is 5.76. The summed E-state index contributed by atoms with van der Waals surface area (Å²) in [6.45, 7) is 4.88. The Balaban J connectivity index is 2.05. The molecule has 1 aliphatic heterocycles. The molecule has 5 nitrogen and oxygen atoms in total. The lowest BCUT2D eigenvalue weighted by atomic mass is 9.93. The molecule has 2 unspecified atom stereocenters. The van der Waals surface area contributed by atoms with E-state index in [-0.39, 0.29) is 23.9 Å². The van der Waals surface area contributed by atoms with Gasteiger partial charge in [0.15, 0.2) is 0 Å². The maximum absolute atomic E-state index is 12.3. The molecule has 0 aromatic carbocycles. The molecule has 2 heterocycles. The second-order valence-electron chi connectivity index (χ2n) is 5.61. The highest BCUT2D eigenvalue weighted by Gasteiger charge is 2.26. The Morgan fingerprint density at radius 3 is 3.00 bits per heavy atom. The third-order valence-corrected chi connectivity index (χ3v) is 4.01. The van der Waals surface area contributed by atoms with Gasteiger partial charge in [0.05, 0.1) is 6.10 Å². The van der Waals surface area contributed by atoms with Crippen molar-refractivity contribution in [3.63, 3.8) is 0 Å². The molecule has 2 rings (SSSR count). The van der Waals surface area contributed by atoms with Crippen molar-refractivity contribution in [3.8, 4) is 0 Å². The van der Waals surface area contributed by atoms with Gasteiger partial charge in [-0.2, -0.15) is 0 Å². The van der Waals surface area contributed by atoms with Gasteiger partial charge < -0.3 is 14.6 Å². The van der Waals surface area contributed by atoms with Crippen molar-refractivity contribution in [1.29, 1.82) is 0 Å². The van der Waals surface area contributed by atoms with Crippen LogP contribution >= 0.6 is 0 Å². The molecule has 1 fully saturated rings. The van der Waals surface area contributed by atoms with E-state index in [0.29, 0.717) is 18.7 Å². The number of aliphatic hydroxyl groups is 1. The molecule has 5 heteroatoms. The van der Waals surface area contributed by atoms with E-state index in [1.165, 1.54) is 4.57 Å². The largest absolute Gasteiger partial charge is 0.393 e. The van der Waals surface area contributed by atoms with E-state index in [0.717, 1.165) is 12.8 Å². The molecule has 110 valence electrons.